The molecule has 31 heavy (non-hydrogen) atoms. The SMILES string of the molecule is CCCCOC(=O)c1ccccc1NC(=O)/C(C#N)=C\Nc1cccc(S(=O)(=O)O)c1. The van der Waals surface area contributed by atoms with Crippen molar-refractivity contribution in [3.63, 3.8) is 0 Å². The number of ether oxygens (including phenoxy) is 1. The van der Waals surface area contributed by atoms with Crippen molar-refractivity contribution < 1.29 is 27.3 Å². The zero-order valence-corrected chi connectivity index (χ0v) is 17.5. The van der Waals surface area contributed by atoms with Crippen LogP contribution < -0.4 is 10.6 Å². The molecule has 0 aliphatic carbocycles. The van der Waals surface area contributed by atoms with Crippen molar-refractivity contribution in [2.75, 3.05) is 17.2 Å². The molecule has 0 radical (unpaired) electrons. The first-order valence-electron chi connectivity index (χ1n) is 9.28. The maximum atomic E-state index is 12.5. The van der Waals surface area contributed by atoms with E-state index in [1.54, 1.807) is 18.2 Å². The Balaban J connectivity index is 2.16. The largest absolute Gasteiger partial charge is 0.462 e. The van der Waals surface area contributed by atoms with E-state index >= 15 is 0 Å². The van der Waals surface area contributed by atoms with Crippen molar-refractivity contribution >= 4 is 33.4 Å². The van der Waals surface area contributed by atoms with Gasteiger partial charge in [0, 0.05) is 11.9 Å². The molecule has 0 spiro atoms. The van der Waals surface area contributed by atoms with Gasteiger partial charge in [-0.05, 0) is 36.8 Å². The van der Waals surface area contributed by atoms with Crippen LogP contribution >= 0.6 is 0 Å². The second kappa shape index (κ2) is 10.9. The number of unbranched alkanes of at least 4 members (excludes halogenated alkanes) is 1. The third kappa shape index (κ3) is 6.95. The molecular formula is C21H21N3O6S. The third-order valence-corrected chi connectivity index (χ3v) is 4.86. The van der Waals surface area contributed by atoms with Gasteiger partial charge in [-0.1, -0.05) is 31.5 Å². The highest BCUT2D eigenvalue weighted by molar-refractivity contribution is 7.85. The zero-order valence-electron chi connectivity index (χ0n) is 16.7. The molecular weight excluding hydrogens is 422 g/mol. The van der Waals surface area contributed by atoms with Gasteiger partial charge in [0.15, 0.2) is 0 Å². The van der Waals surface area contributed by atoms with E-state index in [4.69, 9.17) is 9.29 Å². The van der Waals surface area contributed by atoms with Crippen LogP contribution in [0.1, 0.15) is 30.1 Å². The van der Waals surface area contributed by atoms with Crippen LogP contribution in [-0.2, 0) is 19.6 Å². The number of esters is 1. The topological polar surface area (TPSA) is 146 Å². The summed E-state index contributed by atoms with van der Waals surface area (Å²) >= 11 is 0. The maximum absolute atomic E-state index is 12.5. The highest BCUT2D eigenvalue weighted by atomic mass is 32.2. The Morgan fingerprint density at radius 2 is 1.94 bits per heavy atom. The summed E-state index contributed by atoms with van der Waals surface area (Å²) in [6.45, 7) is 2.22. The number of nitriles is 1. The Labute approximate surface area is 180 Å². The number of carbonyl (C=O) groups is 2. The lowest BCUT2D eigenvalue weighted by molar-refractivity contribution is -0.112. The van der Waals surface area contributed by atoms with Crippen molar-refractivity contribution in [3.8, 4) is 6.07 Å². The summed E-state index contributed by atoms with van der Waals surface area (Å²) in [5.41, 5.74) is 0.239. The number of hydrogen-bond acceptors (Lipinski definition) is 7. The highest BCUT2D eigenvalue weighted by Crippen LogP contribution is 2.18. The fourth-order valence-corrected chi connectivity index (χ4v) is 2.92. The predicted molar refractivity (Wildman–Crippen MR) is 114 cm³/mol. The van der Waals surface area contributed by atoms with Crippen LogP contribution in [0.15, 0.2) is 65.2 Å². The standard InChI is InChI=1S/C21H21N3O6S/c1-2-3-11-30-21(26)18-9-4-5-10-19(18)24-20(25)15(13-22)14-23-16-7-6-8-17(12-16)31(27,28)29/h4-10,12,14,23H,2-3,11H2,1H3,(H,24,25)(H,27,28,29)/b15-14-. The molecule has 1 amide bonds. The number of benzene rings is 2. The van der Waals surface area contributed by atoms with Crippen LogP contribution in [0.3, 0.4) is 0 Å². The van der Waals surface area contributed by atoms with Crippen molar-refractivity contribution in [2.24, 2.45) is 0 Å². The monoisotopic (exact) mass is 443 g/mol. The lowest BCUT2D eigenvalue weighted by atomic mass is 10.1. The number of amides is 1. The lowest BCUT2D eigenvalue weighted by Crippen LogP contribution is -2.18. The van der Waals surface area contributed by atoms with E-state index < -0.39 is 22.0 Å². The summed E-state index contributed by atoms with van der Waals surface area (Å²) in [4.78, 5) is 24.4. The van der Waals surface area contributed by atoms with E-state index in [0.717, 1.165) is 18.7 Å². The van der Waals surface area contributed by atoms with E-state index in [1.807, 2.05) is 6.92 Å². The van der Waals surface area contributed by atoms with Crippen molar-refractivity contribution in [1.82, 2.24) is 0 Å². The molecule has 0 saturated carbocycles. The van der Waals surface area contributed by atoms with Crippen molar-refractivity contribution in [3.05, 3.63) is 65.9 Å². The molecule has 0 atom stereocenters. The summed E-state index contributed by atoms with van der Waals surface area (Å²) in [6, 6.07) is 13.2. The van der Waals surface area contributed by atoms with E-state index in [9.17, 15) is 23.3 Å². The molecule has 0 aliphatic rings. The lowest BCUT2D eigenvalue weighted by Gasteiger charge is -2.11. The van der Waals surface area contributed by atoms with Crippen LogP contribution in [0.2, 0.25) is 0 Å². The normalized spacial score (nSPS) is 11.3. The van der Waals surface area contributed by atoms with Gasteiger partial charge < -0.3 is 15.4 Å². The predicted octanol–water partition coefficient (Wildman–Crippen LogP) is 3.35. The maximum Gasteiger partial charge on any atom is 0.340 e. The third-order valence-electron chi connectivity index (χ3n) is 4.01. The van der Waals surface area contributed by atoms with Gasteiger partial charge in [-0.2, -0.15) is 13.7 Å². The number of carbonyl (C=O) groups excluding carboxylic acids is 2. The number of para-hydroxylation sites is 1. The van der Waals surface area contributed by atoms with Gasteiger partial charge in [-0.15, -0.1) is 0 Å². The van der Waals surface area contributed by atoms with Gasteiger partial charge in [-0.25, -0.2) is 4.79 Å². The van der Waals surface area contributed by atoms with Gasteiger partial charge >= 0.3 is 5.97 Å². The molecule has 162 valence electrons. The van der Waals surface area contributed by atoms with Gasteiger partial charge in [-0.3, -0.25) is 9.35 Å². The van der Waals surface area contributed by atoms with Crippen LogP contribution in [0.25, 0.3) is 0 Å². The minimum absolute atomic E-state index is 0.151. The Bertz CT molecular complexity index is 1140. The molecule has 0 saturated heterocycles. The molecule has 0 unspecified atom stereocenters. The first-order valence-corrected chi connectivity index (χ1v) is 10.7. The molecule has 0 bridgehead atoms. The molecule has 3 N–H and O–H groups in total. The molecule has 2 rings (SSSR count). The molecule has 0 heterocycles. The molecule has 2 aromatic carbocycles. The summed E-state index contributed by atoms with van der Waals surface area (Å²) < 4.78 is 36.7. The van der Waals surface area contributed by atoms with Gasteiger partial charge in [0.1, 0.15) is 11.6 Å². The summed E-state index contributed by atoms with van der Waals surface area (Å²) in [5.74, 6) is -1.37. The average molecular weight is 443 g/mol. The Morgan fingerprint density at radius 1 is 1.19 bits per heavy atom. The van der Waals surface area contributed by atoms with E-state index in [-0.39, 0.29) is 34.0 Å². The second-order valence-electron chi connectivity index (χ2n) is 6.31. The van der Waals surface area contributed by atoms with Gasteiger partial charge in [0.05, 0.1) is 22.8 Å². The Hall–Kier alpha value is -3.68. The van der Waals surface area contributed by atoms with E-state index in [2.05, 4.69) is 10.6 Å². The summed E-state index contributed by atoms with van der Waals surface area (Å²) in [7, 11) is -4.40. The minimum atomic E-state index is -4.40. The van der Waals surface area contributed by atoms with E-state index in [1.165, 1.54) is 30.3 Å². The molecule has 0 fully saturated rings. The molecule has 0 aromatic heterocycles. The van der Waals surface area contributed by atoms with Crippen LogP contribution in [0.4, 0.5) is 11.4 Å². The Morgan fingerprint density at radius 3 is 2.61 bits per heavy atom. The average Bonchev–Trinajstić information content (AvgIpc) is 2.74. The van der Waals surface area contributed by atoms with Crippen LogP contribution in [0.5, 0.6) is 0 Å². The highest BCUT2D eigenvalue weighted by Gasteiger charge is 2.16. The van der Waals surface area contributed by atoms with Crippen molar-refractivity contribution in [2.45, 2.75) is 24.7 Å². The molecule has 10 heteroatoms. The molecule has 2 aromatic rings. The zero-order chi connectivity index (χ0) is 22.9. The smallest absolute Gasteiger partial charge is 0.340 e. The van der Waals surface area contributed by atoms with E-state index in [0.29, 0.717) is 6.42 Å². The number of hydrogen-bond donors (Lipinski definition) is 3. The quantitative estimate of drug-likeness (QED) is 0.176. The fraction of sp³-hybridized carbons (Fsp3) is 0.190. The van der Waals surface area contributed by atoms with Gasteiger partial charge in [0.2, 0.25) is 0 Å². The molecule has 0 aliphatic heterocycles. The number of anilines is 2. The Kier molecular flexibility index (Phi) is 8.31. The van der Waals surface area contributed by atoms with Gasteiger partial charge in [0.25, 0.3) is 16.0 Å². The number of nitrogens with zero attached hydrogens (tertiary/aromatic N) is 1. The second-order valence-corrected chi connectivity index (χ2v) is 7.73. The van der Waals surface area contributed by atoms with Crippen LogP contribution in [0, 0.1) is 11.3 Å². The fourth-order valence-electron chi connectivity index (χ4n) is 2.40. The number of rotatable bonds is 9. The number of nitrogens with one attached hydrogen (secondary N) is 2. The summed E-state index contributed by atoms with van der Waals surface area (Å²) in [6.07, 6.45) is 2.66. The van der Waals surface area contributed by atoms with Crippen molar-refractivity contribution in [1.29, 1.82) is 5.26 Å². The summed E-state index contributed by atoms with van der Waals surface area (Å²) in [5, 5.41) is 14.4. The first kappa shape index (κ1) is 23.6. The van der Waals surface area contributed by atoms with Crippen LogP contribution in [-0.4, -0.2) is 31.5 Å². The first-order chi connectivity index (χ1) is 14.8. The minimum Gasteiger partial charge on any atom is -0.462 e. The molecule has 9 nitrogen and oxygen atoms in total.